The third-order valence-corrected chi connectivity index (χ3v) is 4.60. The highest BCUT2D eigenvalue weighted by atomic mass is 16.5. The Balaban J connectivity index is 1.60. The fraction of sp³-hybridized carbons (Fsp3) is 0.280. The van der Waals surface area contributed by atoms with Crippen LogP contribution in [-0.2, 0) is 13.7 Å². The summed E-state index contributed by atoms with van der Waals surface area (Å²) in [6.45, 7) is 7.30. The molecule has 31 heavy (non-hydrogen) atoms. The number of allylic oxidation sites excluding steroid dienone is 1. The van der Waals surface area contributed by atoms with Gasteiger partial charge in [-0.2, -0.15) is 5.10 Å². The molecule has 0 aliphatic rings. The Kier molecular flexibility index (Phi) is 7.49. The molecule has 3 aromatic rings. The van der Waals surface area contributed by atoms with Crippen molar-refractivity contribution in [1.29, 1.82) is 0 Å². The average Bonchev–Trinajstić information content (AvgIpc) is 3.11. The number of aryl methyl sites for hydroxylation is 2. The number of nitrogens with zero attached hydrogens (tertiary/aromatic N) is 2. The van der Waals surface area contributed by atoms with Gasteiger partial charge in [-0.15, -0.1) is 0 Å². The Morgan fingerprint density at radius 2 is 1.71 bits per heavy atom. The smallest absolute Gasteiger partial charge is 0.189 e. The van der Waals surface area contributed by atoms with Crippen molar-refractivity contribution in [1.82, 2.24) is 9.78 Å². The van der Waals surface area contributed by atoms with Gasteiger partial charge in [-0.25, -0.2) is 0 Å². The first-order valence-corrected chi connectivity index (χ1v) is 10.3. The van der Waals surface area contributed by atoms with Crippen LogP contribution in [0.2, 0.25) is 0 Å². The Morgan fingerprint density at radius 3 is 2.35 bits per heavy atom. The molecule has 0 aliphatic heterocycles. The van der Waals surface area contributed by atoms with E-state index in [0.717, 1.165) is 34.1 Å². The molecule has 0 amide bonds. The molecule has 0 atom stereocenters. The van der Waals surface area contributed by atoms with Crippen LogP contribution >= 0.6 is 0 Å². The van der Waals surface area contributed by atoms with Gasteiger partial charge in [-0.3, -0.25) is 9.48 Å². The second kappa shape index (κ2) is 10.5. The Morgan fingerprint density at radius 1 is 1.00 bits per heavy atom. The summed E-state index contributed by atoms with van der Waals surface area (Å²) < 4.78 is 18.8. The summed E-state index contributed by atoms with van der Waals surface area (Å²) in [5, 5.41) is 4.20. The van der Waals surface area contributed by atoms with Crippen molar-refractivity contribution in [2.75, 3.05) is 13.2 Å². The lowest BCUT2D eigenvalue weighted by Crippen LogP contribution is -2.01. The van der Waals surface area contributed by atoms with Gasteiger partial charge < -0.3 is 14.2 Å². The normalized spacial score (nSPS) is 11.0. The quantitative estimate of drug-likeness (QED) is 0.341. The number of hydrogen-bond donors (Lipinski definition) is 0. The molecule has 0 unspecified atom stereocenters. The van der Waals surface area contributed by atoms with E-state index < -0.39 is 0 Å². The molecule has 0 saturated carbocycles. The lowest BCUT2D eigenvalue weighted by molar-refractivity contribution is 0.104. The third-order valence-electron chi connectivity index (χ3n) is 4.60. The number of benzene rings is 2. The number of carbonyl (C=O) groups excluding carboxylic acids is 1. The van der Waals surface area contributed by atoms with Crippen LogP contribution in [0.4, 0.5) is 0 Å². The number of hydrogen-bond acceptors (Lipinski definition) is 5. The van der Waals surface area contributed by atoms with E-state index in [1.54, 1.807) is 30.1 Å². The first kappa shape index (κ1) is 22.2. The fourth-order valence-electron chi connectivity index (χ4n) is 3.13. The minimum absolute atomic E-state index is 0.0634. The zero-order valence-corrected chi connectivity index (χ0v) is 18.4. The van der Waals surface area contributed by atoms with Crippen LogP contribution in [0.3, 0.4) is 0 Å². The molecular formula is C25H28N2O4. The maximum Gasteiger partial charge on any atom is 0.189 e. The van der Waals surface area contributed by atoms with Crippen molar-refractivity contribution in [2.45, 2.75) is 27.4 Å². The molecule has 0 saturated heterocycles. The monoisotopic (exact) mass is 420 g/mol. The number of rotatable bonds is 10. The molecule has 3 rings (SSSR count). The van der Waals surface area contributed by atoms with Crippen LogP contribution in [0.5, 0.6) is 17.2 Å². The van der Waals surface area contributed by atoms with Gasteiger partial charge in [0.1, 0.15) is 12.4 Å². The minimum Gasteiger partial charge on any atom is -0.490 e. The minimum atomic E-state index is -0.0634. The van der Waals surface area contributed by atoms with Crippen molar-refractivity contribution in [3.63, 3.8) is 0 Å². The van der Waals surface area contributed by atoms with E-state index in [1.165, 1.54) is 0 Å². The fourth-order valence-corrected chi connectivity index (χ4v) is 3.13. The molecular weight excluding hydrogens is 392 g/mol. The molecule has 0 spiro atoms. The molecule has 6 heteroatoms. The van der Waals surface area contributed by atoms with Crippen molar-refractivity contribution >= 4 is 11.9 Å². The number of aromatic nitrogens is 2. The summed E-state index contributed by atoms with van der Waals surface area (Å²) in [4.78, 5) is 12.3. The SMILES string of the molecule is CCOc1ccc(COc2ccc(/C=C/C(=O)c3cn(C)nc3C)cc2)cc1OCC. The molecule has 0 radical (unpaired) electrons. The van der Waals surface area contributed by atoms with E-state index in [4.69, 9.17) is 14.2 Å². The Bertz CT molecular complexity index is 1050. The average molecular weight is 421 g/mol. The van der Waals surface area contributed by atoms with Gasteiger partial charge in [0, 0.05) is 13.2 Å². The molecule has 1 heterocycles. The van der Waals surface area contributed by atoms with E-state index in [9.17, 15) is 4.79 Å². The van der Waals surface area contributed by atoms with Gasteiger partial charge in [0.2, 0.25) is 0 Å². The van der Waals surface area contributed by atoms with Gasteiger partial charge in [-0.05, 0) is 62.2 Å². The molecule has 6 nitrogen and oxygen atoms in total. The summed E-state index contributed by atoms with van der Waals surface area (Å²) in [7, 11) is 1.80. The molecule has 1 aromatic heterocycles. The van der Waals surface area contributed by atoms with E-state index in [0.29, 0.717) is 25.4 Å². The van der Waals surface area contributed by atoms with Gasteiger partial charge >= 0.3 is 0 Å². The second-order valence-electron chi connectivity index (χ2n) is 7.00. The van der Waals surface area contributed by atoms with E-state index in [2.05, 4.69) is 5.10 Å². The first-order chi connectivity index (χ1) is 15.0. The first-order valence-electron chi connectivity index (χ1n) is 10.3. The maximum atomic E-state index is 12.3. The molecule has 0 bridgehead atoms. The molecule has 0 N–H and O–H groups in total. The highest BCUT2D eigenvalue weighted by molar-refractivity contribution is 6.07. The highest BCUT2D eigenvalue weighted by Gasteiger charge is 2.09. The summed E-state index contributed by atoms with van der Waals surface area (Å²) in [6, 6.07) is 13.4. The molecule has 0 aliphatic carbocycles. The summed E-state index contributed by atoms with van der Waals surface area (Å²) in [5.41, 5.74) is 3.25. The Hall–Kier alpha value is -3.54. The van der Waals surface area contributed by atoms with Crippen molar-refractivity contribution in [2.24, 2.45) is 7.05 Å². The molecule has 162 valence electrons. The van der Waals surface area contributed by atoms with Gasteiger partial charge in [0.05, 0.1) is 24.5 Å². The Labute approximate surface area is 183 Å². The maximum absolute atomic E-state index is 12.3. The number of ketones is 1. The molecule has 2 aromatic carbocycles. The van der Waals surface area contributed by atoms with Crippen LogP contribution in [0.1, 0.15) is 41.0 Å². The van der Waals surface area contributed by atoms with E-state index >= 15 is 0 Å². The molecule has 0 fully saturated rings. The van der Waals surface area contributed by atoms with E-state index in [-0.39, 0.29) is 5.78 Å². The van der Waals surface area contributed by atoms with Crippen LogP contribution < -0.4 is 14.2 Å². The summed E-state index contributed by atoms with van der Waals surface area (Å²) in [5.74, 6) is 2.14. The lowest BCUT2D eigenvalue weighted by Gasteiger charge is -2.13. The van der Waals surface area contributed by atoms with Gasteiger partial charge in [0.15, 0.2) is 17.3 Å². The largest absolute Gasteiger partial charge is 0.490 e. The van der Waals surface area contributed by atoms with Gasteiger partial charge in [-0.1, -0.05) is 24.3 Å². The highest BCUT2D eigenvalue weighted by Crippen LogP contribution is 2.29. The van der Waals surface area contributed by atoms with Crippen molar-refractivity contribution in [3.8, 4) is 17.2 Å². The summed E-state index contributed by atoms with van der Waals surface area (Å²) >= 11 is 0. The van der Waals surface area contributed by atoms with Crippen molar-refractivity contribution in [3.05, 3.63) is 77.1 Å². The van der Waals surface area contributed by atoms with Gasteiger partial charge in [0.25, 0.3) is 0 Å². The zero-order valence-electron chi connectivity index (χ0n) is 18.4. The lowest BCUT2D eigenvalue weighted by atomic mass is 10.1. The summed E-state index contributed by atoms with van der Waals surface area (Å²) in [6.07, 6.45) is 5.09. The van der Waals surface area contributed by atoms with Crippen molar-refractivity contribution < 1.29 is 19.0 Å². The predicted molar refractivity (Wildman–Crippen MR) is 121 cm³/mol. The number of carbonyl (C=O) groups is 1. The topological polar surface area (TPSA) is 62.6 Å². The van der Waals surface area contributed by atoms with Crippen LogP contribution in [0.25, 0.3) is 6.08 Å². The van der Waals surface area contributed by atoms with Crippen LogP contribution in [0.15, 0.2) is 54.7 Å². The van der Waals surface area contributed by atoms with E-state index in [1.807, 2.05) is 63.2 Å². The number of ether oxygens (including phenoxy) is 3. The standard InChI is InChI=1S/C25H28N2O4/c1-5-29-24-14-10-20(15-25(24)30-6-2)17-31-21-11-7-19(8-12-21)9-13-23(28)22-16-27(4)26-18(22)3/h7-16H,5-6,17H2,1-4H3/b13-9+. The zero-order chi connectivity index (χ0) is 22.2. The second-order valence-corrected chi connectivity index (χ2v) is 7.00. The predicted octanol–water partition coefficient (Wildman–Crippen LogP) is 5.00. The third kappa shape index (κ3) is 5.98. The van der Waals surface area contributed by atoms with Crippen LogP contribution in [0, 0.1) is 6.92 Å². The van der Waals surface area contributed by atoms with Crippen LogP contribution in [-0.4, -0.2) is 28.8 Å².